The summed E-state index contributed by atoms with van der Waals surface area (Å²) in [5.74, 6) is 0.744. The molecular formula is C15H13BrF2N8. The highest BCUT2D eigenvalue weighted by atomic mass is 79.9. The topological polar surface area (TPSA) is 78.7 Å². The molecule has 0 aliphatic heterocycles. The molecule has 1 aliphatic rings. The van der Waals surface area contributed by atoms with Crippen molar-refractivity contribution in [2.45, 2.75) is 31.7 Å². The number of nitrogens with zero attached hydrogens (tertiary/aromatic N) is 8. The van der Waals surface area contributed by atoms with Gasteiger partial charge in [0.2, 0.25) is 0 Å². The van der Waals surface area contributed by atoms with Gasteiger partial charge in [0.05, 0.1) is 21.7 Å². The minimum Gasteiger partial charge on any atom is -0.260 e. The molecule has 0 atom stereocenters. The van der Waals surface area contributed by atoms with Crippen LogP contribution in [0.25, 0.3) is 16.7 Å². The van der Waals surface area contributed by atoms with Crippen molar-refractivity contribution in [3.05, 3.63) is 34.2 Å². The molecule has 1 fully saturated rings. The van der Waals surface area contributed by atoms with Crippen LogP contribution in [0.1, 0.15) is 42.4 Å². The standard InChI is InChI=1S/C15H13BrF2N8/c1-24-14-8(4-20-24)15-21-9(22-26(15)6-19-14)5-25-12(7-2-3-7)10(16)11(23-25)13(17)18/h4,6-7,13H,2-3,5H2,1H3. The first-order valence-corrected chi connectivity index (χ1v) is 8.88. The van der Waals surface area contributed by atoms with E-state index in [1.807, 2.05) is 0 Å². The number of aromatic nitrogens is 8. The van der Waals surface area contributed by atoms with Gasteiger partial charge in [0.1, 0.15) is 18.6 Å². The van der Waals surface area contributed by atoms with Crippen LogP contribution in [0.3, 0.4) is 0 Å². The zero-order chi connectivity index (χ0) is 18.0. The van der Waals surface area contributed by atoms with E-state index in [1.165, 1.54) is 0 Å². The van der Waals surface area contributed by atoms with Gasteiger partial charge in [-0.05, 0) is 28.8 Å². The Morgan fingerprint density at radius 2 is 2.08 bits per heavy atom. The summed E-state index contributed by atoms with van der Waals surface area (Å²) in [5, 5.41) is 13.5. The zero-order valence-corrected chi connectivity index (χ0v) is 15.2. The van der Waals surface area contributed by atoms with Gasteiger partial charge in [-0.3, -0.25) is 9.36 Å². The molecule has 8 nitrogen and oxygen atoms in total. The summed E-state index contributed by atoms with van der Waals surface area (Å²) in [5.41, 5.74) is 1.90. The van der Waals surface area contributed by atoms with Crippen molar-refractivity contribution in [1.29, 1.82) is 0 Å². The molecule has 4 heterocycles. The highest BCUT2D eigenvalue weighted by Gasteiger charge is 2.34. The molecule has 0 N–H and O–H groups in total. The first-order chi connectivity index (χ1) is 12.5. The first-order valence-electron chi connectivity index (χ1n) is 8.09. The number of fused-ring (bicyclic) bond motifs is 3. The second-order valence-corrected chi connectivity index (χ2v) is 7.16. The molecule has 0 radical (unpaired) electrons. The number of halogens is 3. The van der Waals surface area contributed by atoms with Crippen molar-refractivity contribution in [1.82, 2.24) is 39.1 Å². The molecule has 4 aromatic heterocycles. The van der Waals surface area contributed by atoms with Crippen LogP contribution < -0.4 is 0 Å². The van der Waals surface area contributed by atoms with Gasteiger partial charge in [0.25, 0.3) is 6.43 Å². The second kappa shape index (κ2) is 5.53. The Kier molecular flexibility index (Phi) is 3.36. The van der Waals surface area contributed by atoms with Crippen LogP contribution in [0.15, 0.2) is 17.0 Å². The van der Waals surface area contributed by atoms with E-state index in [-0.39, 0.29) is 18.2 Å². The molecule has 26 heavy (non-hydrogen) atoms. The van der Waals surface area contributed by atoms with Crippen molar-refractivity contribution in [2.75, 3.05) is 0 Å². The maximum absolute atomic E-state index is 13.2. The Hall–Kier alpha value is -2.43. The Morgan fingerprint density at radius 3 is 2.81 bits per heavy atom. The lowest BCUT2D eigenvalue weighted by Gasteiger charge is -2.03. The lowest BCUT2D eigenvalue weighted by Crippen LogP contribution is -2.07. The van der Waals surface area contributed by atoms with E-state index in [2.05, 4.69) is 41.2 Å². The molecule has 4 aromatic rings. The SMILES string of the molecule is Cn1ncc2c1ncn1nc(Cn3nc(C(F)F)c(Br)c3C3CC3)nc21. The highest BCUT2D eigenvalue weighted by Crippen LogP contribution is 2.45. The van der Waals surface area contributed by atoms with E-state index in [9.17, 15) is 8.78 Å². The van der Waals surface area contributed by atoms with E-state index in [0.29, 0.717) is 21.6 Å². The maximum Gasteiger partial charge on any atom is 0.283 e. The third-order valence-corrected chi connectivity index (χ3v) is 5.34. The summed E-state index contributed by atoms with van der Waals surface area (Å²) in [7, 11) is 1.80. The van der Waals surface area contributed by atoms with Gasteiger partial charge in [0, 0.05) is 13.0 Å². The van der Waals surface area contributed by atoms with Crippen molar-refractivity contribution < 1.29 is 8.78 Å². The molecule has 1 aliphatic carbocycles. The molecular weight excluding hydrogens is 410 g/mol. The molecule has 0 aromatic carbocycles. The predicted octanol–water partition coefficient (Wildman–Crippen LogP) is 2.83. The summed E-state index contributed by atoms with van der Waals surface area (Å²) < 4.78 is 31.7. The minimum atomic E-state index is -2.63. The summed E-state index contributed by atoms with van der Waals surface area (Å²) >= 11 is 3.30. The average Bonchev–Trinajstić information content (AvgIpc) is 3.09. The average molecular weight is 423 g/mol. The predicted molar refractivity (Wildman–Crippen MR) is 91.0 cm³/mol. The number of rotatable bonds is 4. The van der Waals surface area contributed by atoms with Crippen molar-refractivity contribution in [2.24, 2.45) is 7.05 Å². The van der Waals surface area contributed by atoms with Gasteiger partial charge >= 0.3 is 0 Å². The van der Waals surface area contributed by atoms with E-state index < -0.39 is 6.43 Å². The van der Waals surface area contributed by atoms with Crippen LogP contribution in [0.5, 0.6) is 0 Å². The lowest BCUT2D eigenvalue weighted by molar-refractivity contribution is 0.144. The van der Waals surface area contributed by atoms with Gasteiger partial charge in [-0.15, -0.1) is 5.10 Å². The van der Waals surface area contributed by atoms with E-state index in [1.54, 1.807) is 33.5 Å². The van der Waals surface area contributed by atoms with Crippen LogP contribution in [0.2, 0.25) is 0 Å². The van der Waals surface area contributed by atoms with Crippen LogP contribution in [0, 0.1) is 0 Å². The van der Waals surface area contributed by atoms with Crippen LogP contribution in [-0.2, 0) is 13.6 Å². The van der Waals surface area contributed by atoms with Crippen molar-refractivity contribution >= 4 is 32.6 Å². The van der Waals surface area contributed by atoms with Crippen LogP contribution >= 0.6 is 15.9 Å². The molecule has 0 saturated heterocycles. The second-order valence-electron chi connectivity index (χ2n) is 6.36. The fraction of sp³-hybridized carbons (Fsp3) is 0.400. The van der Waals surface area contributed by atoms with Crippen molar-refractivity contribution in [3.8, 4) is 0 Å². The normalized spacial score (nSPS) is 15.0. The highest BCUT2D eigenvalue weighted by molar-refractivity contribution is 9.10. The molecule has 11 heteroatoms. The van der Waals surface area contributed by atoms with Gasteiger partial charge in [0.15, 0.2) is 17.1 Å². The molecule has 0 amide bonds. The summed E-state index contributed by atoms with van der Waals surface area (Å²) in [6.45, 7) is 0.223. The number of alkyl halides is 2. The van der Waals surface area contributed by atoms with Gasteiger partial charge in [-0.1, -0.05) is 0 Å². The van der Waals surface area contributed by atoms with Crippen LogP contribution in [-0.4, -0.2) is 39.1 Å². The van der Waals surface area contributed by atoms with E-state index in [4.69, 9.17) is 0 Å². The van der Waals surface area contributed by atoms with Gasteiger partial charge < -0.3 is 0 Å². The molecule has 1 saturated carbocycles. The number of aryl methyl sites for hydroxylation is 1. The van der Waals surface area contributed by atoms with E-state index in [0.717, 1.165) is 23.9 Å². The smallest absolute Gasteiger partial charge is 0.260 e. The Morgan fingerprint density at radius 1 is 1.27 bits per heavy atom. The Labute approximate surface area is 154 Å². The largest absolute Gasteiger partial charge is 0.283 e. The number of hydrogen-bond acceptors (Lipinski definition) is 5. The summed E-state index contributed by atoms with van der Waals surface area (Å²) in [4.78, 5) is 8.87. The Bertz CT molecular complexity index is 1140. The fourth-order valence-electron chi connectivity index (χ4n) is 3.16. The molecule has 0 bridgehead atoms. The van der Waals surface area contributed by atoms with Crippen molar-refractivity contribution in [3.63, 3.8) is 0 Å². The van der Waals surface area contributed by atoms with Gasteiger partial charge in [-0.2, -0.15) is 10.2 Å². The monoisotopic (exact) mass is 422 g/mol. The summed E-state index contributed by atoms with van der Waals surface area (Å²) in [6, 6.07) is 0. The third-order valence-electron chi connectivity index (χ3n) is 4.53. The molecule has 0 spiro atoms. The third kappa shape index (κ3) is 2.33. The quantitative estimate of drug-likeness (QED) is 0.505. The first kappa shape index (κ1) is 15.8. The van der Waals surface area contributed by atoms with E-state index >= 15 is 0 Å². The summed E-state index contributed by atoms with van der Waals surface area (Å²) in [6.07, 6.45) is 2.58. The molecule has 0 unspecified atom stereocenters. The minimum absolute atomic E-state index is 0.223. The van der Waals surface area contributed by atoms with Gasteiger partial charge in [-0.25, -0.2) is 23.3 Å². The molecule has 134 valence electrons. The molecule has 5 rings (SSSR count). The lowest BCUT2D eigenvalue weighted by atomic mass is 10.2. The fourth-order valence-corrected chi connectivity index (χ4v) is 3.94. The number of hydrogen-bond donors (Lipinski definition) is 0. The maximum atomic E-state index is 13.2. The van der Waals surface area contributed by atoms with Crippen LogP contribution in [0.4, 0.5) is 8.78 Å². The zero-order valence-electron chi connectivity index (χ0n) is 13.6. The Balaban J connectivity index is 1.59.